The van der Waals surface area contributed by atoms with Crippen LogP contribution in [0, 0.1) is 5.82 Å². The second kappa shape index (κ2) is 7.55. The van der Waals surface area contributed by atoms with Crippen molar-refractivity contribution in [2.75, 3.05) is 6.73 Å². The molecule has 5 rings (SSSR count). The molecule has 0 aliphatic carbocycles. The van der Waals surface area contributed by atoms with Gasteiger partial charge in [-0.2, -0.15) is 0 Å². The number of halogens is 2. The van der Waals surface area contributed by atoms with E-state index in [1.807, 2.05) is 11.0 Å². The highest BCUT2D eigenvalue weighted by Gasteiger charge is 2.33. The summed E-state index contributed by atoms with van der Waals surface area (Å²) in [4.78, 5) is 18.8. The monoisotopic (exact) mass is 422 g/mol. The Labute approximate surface area is 177 Å². The van der Waals surface area contributed by atoms with Crippen molar-refractivity contribution < 1.29 is 18.7 Å². The van der Waals surface area contributed by atoms with Gasteiger partial charge in [0.05, 0.1) is 11.1 Å². The standard InChI is InChI=1S/C23H16ClFN2O3/c24-18-4-1-5-19(25)16(18)11-27-12-17-20(29-13-27)7-6-15-22(28)21(30-23(15)17)9-14-3-2-8-26-10-14/h1-10H,11-13H2. The average Bonchev–Trinajstić information content (AvgIpc) is 3.07. The van der Waals surface area contributed by atoms with Gasteiger partial charge in [-0.15, -0.1) is 0 Å². The summed E-state index contributed by atoms with van der Waals surface area (Å²) in [6.45, 7) is 1.00. The Hall–Kier alpha value is -3.22. The number of Topliss-reactive ketones (excluding diaryl/α,β-unsaturated/α-hetero) is 1. The normalized spacial score (nSPS) is 16.7. The van der Waals surface area contributed by atoms with Crippen molar-refractivity contribution in [2.24, 2.45) is 0 Å². The largest absolute Gasteiger partial charge is 0.478 e. The number of ketones is 1. The van der Waals surface area contributed by atoms with Crippen LogP contribution in [0.4, 0.5) is 4.39 Å². The minimum Gasteiger partial charge on any atom is -0.478 e. The molecule has 150 valence electrons. The molecular weight excluding hydrogens is 407 g/mol. The van der Waals surface area contributed by atoms with Gasteiger partial charge in [0, 0.05) is 36.1 Å². The molecule has 0 saturated heterocycles. The molecule has 2 aliphatic heterocycles. The van der Waals surface area contributed by atoms with Gasteiger partial charge in [-0.3, -0.25) is 14.7 Å². The molecule has 7 heteroatoms. The fourth-order valence-corrected chi connectivity index (χ4v) is 3.85. The lowest BCUT2D eigenvalue weighted by Gasteiger charge is -2.30. The topological polar surface area (TPSA) is 51.7 Å². The number of pyridine rings is 1. The van der Waals surface area contributed by atoms with E-state index in [0.29, 0.717) is 34.2 Å². The Morgan fingerprint density at radius 3 is 2.90 bits per heavy atom. The molecule has 0 bridgehead atoms. The summed E-state index contributed by atoms with van der Waals surface area (Å²) < 4.78 is 26.0. The van der Waals surface area contributed by atoms with E-state index >= 15 is 0 Å². The molecule has 1 aromatic heterocycles. The van der Waals surface area contributed by atoms with Crippen LogP contribution < -0.4 is 9.47 Å². The lowest BCUT2D eigenvalue weighted by Crippen LogP contribution is -2.32. The zero-order valence-corrected chi connectivity index (χ0v) is 16.5. The molecule has 3 heterocycles. The molecule has 5 nitrogen and oxygen atoms in total. The van der Waals surface area contributed by atoms with E-state index in [9.17, 15) is 9.18 Å². The lowest BCUT2D eigenvalue weighted by molar-refractivity contribution is 0.0863. The maximum absolute atomic E-state index is 14.2. The second-order valence-electron chi connectivity index (χ2n) is 7.11. The van der Waals surface area contributed by atoms with Gasteiger partial charge in [0.15, 0.2) is 5.76 Å². The van der Waals surface area contributed by atoms with Crippen LogP contribution in [-0.4, -0.2) is 22.4 Å². The fraction of sp³-hybridized carbons (Fsp3) is 0.130. The number of rotatable bonds is 3. The Bertz CT molecular complexity index is 1160. The highest BCUT2D eigenvalue weighted by molar-refractivity contribution is 6.31. The fourth-order valence-electron chi connectivity index (χ4n) is 3.63. The zero-order chi connectivity index (χ0) is 20.7. The molecule has 2 aliphatic rings. The minimum absolute atomic E-state index is 0.189. The SMILES string of the molecule is O=C1C(=Cc2cccnc2)Oc2c1ccc1c2CN(Cc2c(F)cccc2Cl)CO1. The number of carbonyl (C=O) groups excluding carboxylic acids is 1. The Morgan fingerprint density at radius 2 is 2.10 bits per heavy atom. The van der Waals surface area contributed by atoms with Crippen molar-refractivity contribution in [1.29, 1.82) is 0 Å². The van der Waals surface area contributed by atoms with Gasteiger partial charge in [-0.25, -0.2) is 4.39 Å². The number of ether oxygens (including phenoxy) is 2. The van der Waals surface area contributed by atoms with Gasteiger partial charge < -0.3 is 9.47 Å². The number of allylic oxidation sites excluding steroid dienone is 1. The smallest absolute Gasteiger partial charge is 0.231 e. The Kier molecular flexibility index (Phi) is 4.73. The molecule has 30 heavy (non-hydrogen) atoms. The maximum atomic E-state index is 14.2. The van der Waals surface area contributed by atoms with Gasteiger partial charge in [0.25, 0.3) is 0 Å². The number of carbonyl (C=O) groups is 1. The van der Waals surface area contributed by atoms with E-state index in [1.54, 1.807) is 48.8 Å². The molecule has 3 aromatic rings. The first-order chi connectivity index (χ1) is 14.6. The van der Waals surface area contributed by atoms with Crippen molar-refractivity contribution >= 4 is 23.5 Å². The van der Waals surface area contributed by atoms with E-state index in [4.69, 9.17) is 21.1 Å². The van der Waals surface area contributed by atoms with E-state index in [0.717, 1.165) is 11.1 Å². The van der Waals surface area contributed by atoms with Crippen LogP contribution in [-0.2, 0) is 13.1 Å². The average molecular weight is 423 g/mol. The van der Waals surface area contributed by atoms with E-state index in [-0.39, 0.29) is 30.6 Å². The number of aromatic nitrogens is 1. The van der Waals surface area contributed by atoms with Gasteiger partial charge >= 0.3 is 0 Å². The summed E-state index contributed by atoms with van der Waals surface area (Å²) >= 11 is 6.17. The lowest BCUT2D eigenvalue weighted by atomic mass is 10.0. The van der Waals surface area contributed by atoms with Crippen LogP contribution in [0.3, 0.4) is 0 Å². The summed E-state index contributed by atoms with van der Waals surface area (Å²) in [5.74, 6) is 0.823. The third-order valence-electron chi connectivity index (χ3n) is 5.11. The summed E-state index contributed by atoms with van der Waals surface area (Å²) in [6.07, 6.45) is 4.99. The number of hydrogen-bond acceptors (Lipinski definition) is 5. The molecule has 0 saturated carbocycles. The summed E-state index contributed by atoms with van der Waals surface area (Å²) in [5.41, 5.74) is 2.43. The third-order valence-corrected chi connectivity index (χ3v) is 5.46. The van der Waals surface area contributed by atoms with E-state index in [1.165, 1.54) is 6.07 Å². The second-order valence-corrected chi connectivity index (χ2v) is 7.51. The number of hydrogen-bond donors (Lipinski definition) is 0. The summed E-state index contributed by atoms with van der Waals surface area (Å²) in [7, 11) is 0. The zero-order valence-electron chi connectivity index (χ0n) is 15.8. The molecule has 0 fully saturated rings. The molecule has 0 atom stereocenters. The quantitative estimate of drug-likeness (QED) is 0.565. The molecule has 2 aromatic carbocycles. The van der Waals surface area contributed by atoms with E-state index in [2.05, 4.69) is 4.98 Å². The first-order valence-electron chi connectivity index (χ1n) is 9.38. The Balaban J connectivity index is 1.44. The number of fused-ring (bicyclic) bond motifs is 3. The molecular formula is C23H16ClFN2O3. The van der Waals surface area contributed by atoms with Crippen molar-refractivity contribution in [3.8, 4) is 11.5 Å². The number of nitrogens with zero attached hydrogens (tertiary/aromatic N) is 2. The van der Waals surface area contributed by atoms with Crippen molar-refractivity contribution in [2.45, 2.75) is 13.1 Å². The molecule has 0 N–H and O–H groups in total. The van der Waals surface area contributed by atoms with Crippen LogP contribution in [0.2, 0.25) is 5.02 Å². The molecule has 0 unspecified atom stereocenters. The van der Waals surface area contributed by atoms with Gasteiger partial charge in [-0.1, -0.05) is 23.7 Å². The number of benzene rings is 2. The van der Waals surface area contributed by atoms with Gasteiger partial charge in [0.1, 0.15) is 24.0 Å². The highest BCUT2D eigenvalue weighted by atomic mass is 35.5. The predicted octanol–water partition coefficient (Wildman–Crippen LogP) is 4.84. The van der Waals surface area contributed by atoms with Crippen molar-refractivity contribution in [3.63, 3.8) is 0 Å². The molecule has 0 amide bonds. The third kappa shape index (κ3) is 3.34. The van der Waals surface area contributed by atoms with Crippen LogP contribution >= 0.6 is 11.6 Å². The first kappa shape index (κ1) is 18.8. The van der Waals surface area contributed by atoms with Crippen molar-refractivity contribution in [3.05, 3.63) is 93.7 Å². The van der Waals surface area contributed by atoms with Gasteiger partial charge in [0.2, 0.25) is 5.78 Å². The van der Waals surface area contributed by atoms with Crippen molar-refractivity contribution in [1.82, 2.24) is 9.88 Å². The van der Waals surface area contributed by atoms with Crippen LogP contribution in [0.1, 0.15) is 27.0 Å². The van der Waals surface area contributed by atoms with Crippen LogP contribution in [0.25, 0.3) is 6.08 Å². The minimum atomic E-state index is -0.361. The van der Waals surface area contributed by atoms with Gasteiger partial charge in [-0.05, 0) is 42.0 Å². The first-order valence-corrected chi connectivity index (χ1v) is 9.76. The van der Waals surface area contributed by atoms with E-state index < -0.39 is 0 Å². The van der Waals surface area contributed by atoms with Crippen LogP contribution in [0.15, 0.2) is 60.6 Å². The predicted molar refractivity (Wildman–Crippen MR) is 110 cm³/mol. The highest BCUT2D eigenvalue weighted by Crippen LogP contribution is 2.42. The summed E-state index contributed by atoms with van der Waals surface area (Å²) in [5, 5.41) is 0.368. The summed E-state index contributed by atoms with van der Waals surface area (Å²) in [6, 6.07) is 11.7. The Morgan fingerprint density at radius 1 is 1.20 bits per heavy atom. The molecule has 0 radical (unpaired) electrons. The molecule has 0 spiro atoms. The van der Waals surface area contributed by atoms with Crippen LogP contribution in [0.5, 0.6) is 11.5 Å². The maximum Gasteiger partial charge on any atom is 0.231 e.